The van der Waals surface area contributed by atoms with Gasteiger partial charge in [-0.05, 0) is 38.5 Å². The Bertz CT molecular complexity index is 678. The minimum Gasteiger partial charge on any atom is -0.465 e. The van der Waals surface area contributed by atoms with Crippen LogP contribution < -0.4 is 0 Å². The maximum atomic E-state index is 14.2. The van der Waals surface area contributed by atoms with Gasteiger partial charge in [-0.3, -0.25) is 4.84 Å². The average molecular weight is 337 g/mol. The first-order chi connectivity index (χ1) is 11.2. The number of amides is 1. The van der Waals surface area contributed by atoms with Gasteiger partial charge in [-0.2, -0.15) is 5.06 Å². The Balaban J connectivity index is 2.10. The summed E-state index contributed by atoms with van der Waals surface area (Å²) in [6.07, 6.45) is 1.09. The number of esters is 1. The van der Waals surface area contributed by atoms with Crippen LogP contribution in [0.15, 0.2) is 24.3 Å². The van der Waals surface area contributed by atoms with E-state index in [0.29, 0.717) is 11.1 Å². The first kappa shape index (κ1) is 17.9. The Morgan fingerprint density at radius 3 is 2.50 bits per heavy atom. The summed E-state index contributed by atoms with van der Waals surface area (Å²) in [5, 5.41) is 1.08. The van der Waals surface area contributed by atoms with Gasteiger partial charge in [0.15, 0.2) is 0 Å². The molecule has 0 saturated heterocycles. The molecule has 0 unspecified atom stereocenters. The molecular weight excluding hydrogens is 317 g/mol. The van der Waals surface area contributed by atoms with Gasteiger partial charge >= 0.3 is 12.1 Å². The lowest BCUT2D eigenvalue weighted by Gasteiger charge is -2.28. The fourth-order valence-corrected chi connectivity index (χ4v) is 2.10. The predicted molar refractivity (Wildman–Crippen MR) is 84.6 cm³/mol. The van der Waals surface area contributed by atoms with E-state index in [1.165, 1.54) is 19.2 Å². The highest BCUT2D eigenvalue weighted by Crippen LogP contribution is 2.24. The number of carbonyl (C=O) groups is 2. The molecule has 0 fully saturated rings. The molecule has 1 heterocycles. The van der Waals surface area contributed by atoms with Crippen molar-refractivity contribution in [3.05, 3.63) is 41.2 Å². The fourth-order valence-electron chi connectivity index (χ4n) is 2.10. The van der Waals surface area contributed by atoms with Crippen LogP contribution in [0.4, 0.5) is 9.18 Å². The van der Waals surface area contributed by atoms with Gasteiger partial charge in [0.1, 0.15) is 18.0 Å². The number of benzene rings is 1. The molecule has 0 saturated carbocycles. The molecule has 1 aliphatic heterocycles. The molecule has 1 aromatic rings. The third kappa shape index (κ3) is 4.32. The Kier molecular flexibility index (Phi) is 5.23. The number of hydrogen-bond donors (Lipinski definition) is 0. The maximum absolute atomic E-state index is 14.2. The van der Waals surface area contributed by atoms with Crippen LogP contribution in [0.5, 0.6) is 0 Å². The summed E-state index contributed by atoms with van der Waals surface area (Å²) in [4.78, 5) is 28.6. The molecule has 0 aliphatic carbocycles. The molecule has 0 N–H and O–H groups in total. The largest absolute Gasteiger partial charge is 0.465 e. The number of ether oxygens (including phenoxy) is 2. The standard InChI is InChI=1S/C17H20FNO5/c1-17(2,3)24-16(21)19-8-7-12(10-23-19)13-6-5-11(9-14(13)18)15(20)22-4/h5-7,9H,8,10H2,1-4H3. The van der Waals surface area contributed by atoms with Crippen LogP contribution in [-0.4, -0.2) is 43.0 Å². The Labute approximate surface area is 139 Å². The normalized spacial score (nSPS) is 14.9. The van der Waals surface area contributed by atoms with Crippen LogP contribution in [0.1, 0.15) is 36.7 Å². The number of hydroxylamine groups is 2. The molecule has 0 aromatic heterocycles. The van der Waals surface area contributed by atoms with E-state index in [1.807, 2.05) is 0 Å². The van der Waals surface area contributed by atoms with Gasteiger partial charge in [-0.1, -0.05) is 12.1 Å². The van der Waals surface area contributed by atoms with Crippen LogP contribution in [0.3, 0.4) is 0 Å². The van der Waals surface area contributed by atoms with Crippen molar-refractivity contribution in [1.29, 1.82) is 0 Å². The van der Waals surface area contributed by atoms with E-state index in [1.54, 1.807) is 26.8 Å². The minimum absolute atomic E-state index is 0.0216. The highest BCUT2D eigenvalue weighted by atomic mass is 19.1. The predicted octanol–water partition coefficient (Wildman–Crippen LogP) is 3.18. The van der Waals surface area contributed by atoms with Gasteiger partial charge < -0.3 is 9.47 Å². The molecular formula is C17H20FNO5. The van der Waals surface area contributed by atoms with Crippen molar-refractivity contribution >= 4 is 17.6 Å². The molecule has 24 heavy (non-hydrogen) atoms. The van der Waals surface area contributed by atoms with Crippen LogP contribution in [0.25, 0.3) is 5.57 Å². The van der Waals surface area contributed by atoms with E-state index in [0.717, 1.165) is 11.1 Å². The summed E-state index contributed by atoms with van der Waals surface area (Å²) < 4.78 is 24.0. The Hall–Kier alpha value is -2.41. The number of nitrogens with zero attached hydrogens (tertiary/aromatic N) is 1. The van der Waals surface area contributed by atoms with Crippen molar-refractivity contribution in [2.24, 2.45) is 0 Å². The van der Waals surface area contributed by atoms with Gasteiger partial charge in [-0.25, -0.2) is 14.0 Å². The van der Waals surface area contributed by atoms with Crippen LogP contribution in [0, 0.1) is 5.82 Å². The van der Waals surface area contributed by atoms with Gasteiger partial charge in [-0.15, -0.1) is 0 Å². The van der Waals surface area contributed by atoms with Crippen molar-refractivity contribution < 1.29 is 28.3 Å². The van der Waals surface area contributed by atoms with Gasteiger partial charge in [0.2, 0.25) is 0 Å². The zero-order chi connectivity index (χ0) is 17.9. The van der Waals surface area contributed by atoms with Crippen molar-refractivity contribution in [2.45, 2.75) is 26.4 Å². The third-order valence-electron chi connectivity index (χ3n) is 3.21. The monoisotopic (exact) mass is 337 g/mol. The second-order valence-corrected chi connectivity index (χ2v) is 6.23. The van der Waals surface area contributed by atoms with E-state index >= 15 is 0 Å². The van der Waals surface area contributed by atoms with E-state index in [-0.39, 0.29) is 18.7 Å². The van der Waals surface area contributed by atoms with Gasteiger partial charge in [0.05, 0.1) is 19.2 Å². The molecule has 1 amide bonds. The first-order valence-electron chi connectivity index (χ1n) is 7.42. The molecule has 0 spiro atoms. The van der Waals surface area contributed by atoms with Crippen LogP contribution >= 0.6 is 0 Å². The molecule has 0 radical (unpaired) electrons. The lowest BCUT2D eigenvalue weighted by atomic mass is 10.0. The summed E-state index contributed by atoms with van der Waals surface area (Å²) in [6, 6.07) is 4.08. The van der Waals surface area contributed by atoms with Crippen molar-refractivity contribution in [1.82, 2.24) is 5.06 Å². The molecule has 6 nitrogen and oxygen atoms in total. The average Bonchev–Trinajstić information content (AvgIpc) is 2.52. The quantitative estimate of drug-likeness (QED) is 0.776. The highest BCUT2D eigenvalue weighted by Gasteiger charge is 2.25. The van der Waals surface area contributed by atoms with Crippen LogP contribution in [-0.2, 0) is 14.3 Å². The Morgan fingerprint density at radius 1 is 1.29 bits per heavy atom. The molecule has 1 aromatic carbocycles. The summed E-state index contributed by atoms with van der Waals surface area (Å²) in [6.45, 7) is 5.44. The Morgan fingerprint density at radius 2 is 2.00 bits per heavy atom. The van der Waals surface area contributed by atoms with Crippen molar-refractivity contribution in [3.8, 4) is 0 Å². The number of hydrogen-bond acceptors (Lipinski definition) is 5. The zero-order valence-electron chi connectivity index (χ0n) is 14.1. The van der Waals surface area contributed by atoms with E-state index < -0.39 is 23.5 Å². The maximum Gasteiger partial charge on any atom is 0.434 e. The summed E-state index contributed by atoms with van der Waals surface area (Å²) in [5.74, 6) is -1.16. The highest BCUT2D eigenvalue weighted by molar-refractivity contribution is 5.89. The topological polar surface area (TPSA) is 65.1 Å². The van der Waals surface area contributed by atoms with E-state index in [4.69, 9.17) is 9.57 Å². The van der Waals surface area contributed by atoms with Crippen molar-refractivity contribution in [3.63, 3.8) is 0 Å². The fraction of sp³-hybridized carbons (Fsp3) is 0.412. The van der Waals surface area contributed by atoms with E-state index in [2.05, 4.69) is 4.74 Å². The van der Waals surface area contributed by atoms with Crippen LogP contribution in [0.2, 0.25) is 0 Å². The third-order valence-corrected chi connectivity index (χ3v) is 3.21. The van der Waals surface area contributed by atoms with Gasteiger partial charge in [0, 0.05) is 5.56 Å². The number of carbonyl (C=O) groups excluding carboxylic acids is 2. The first-order valence-corrected chi connectivity index (χ1v) is 7.42. The van der Waals surface area contributed by atoms with Gasteiger partial charge in [0.25, 0.3) is 0 Å². The summed E-state index contributed by atoms with van der Waals surface area (Å²) in [7, 11) is 1.23. The number of methoxy groups -OCH3 is 1. The summed E-state index contributed by atoms with van der Waals surface area (Å²) >= 11 is 0. The smallest absolute Gasteiger partial charge is 0.434 e. The van der Waals surface area contributed by atoms with E-state index in [9.17, 15) is 14.0 Å². The molecule has 130 valence electrons. The molecule has 0 bridgehead atoms. The SMILES string of the molecule is COC(=O)c1ccc(C2=CCN(C(=O)OC(C)(C)C)OC2)c(F)c1. The second kappa shape index (κ2) is 7.00. The summed E-state index contributed by atoms with van der Waals surface area (Å²) in [5.41, 5.74) is 0.405. The molecule has 0 atom stereocenters. The minimum atomic E-state index is -0.625. The molecule has 7 heteroatoms. The zero-order valence-corrected chi connectivity index (χ0v) is 14.1. The number of rotatable bonds is 2. The molecule has 1 aliphatic rings. The number of halogens is 1. The second-order valence-electron chi connectivity index (χ2n) is 6.23. The lowest BCUT2D eigenvalue weighted by molar-refractivity contribution is -0.133. The molecule has 2 rings (SSSR count). The lowest BCUT2D eigenvalue weighted by Crippen LogP contribution is -2.39. The van der Waals surface area contributed by atoms with Crippen molar-refractivity contribution in [2.75, 3.05) is 20.3 Å².